The fourth-order valence-corrected chi connectivity index (χ4v) is 5.28. The zero-order valence-corrected chi connectivity index (χ0v) is 21.5. The lowest BCUT2D eigenvalue weighted by Gasteiger charge is -2.26. The van der Waals surface area contributed by atoms with Gasteiger partial charge in [0.05, 0.1) is 18.9 Å². The second kappa shape index (κ2) is 10.3. The van der Waals surface area contributed by atoms with Crippen molar-refractivity contribution in [2.75, 3.05) is 39.5 Å². The van der Waals surface area contributed by atoms with E-state index in [9.17, 15) is 4.57 Å². The van der Waals surface area contributed by atoms with E-state index >= 15 is 0 Å². The van der Waals surface area contributed by atoms with Crippen molar-refractivity contribution in [1.82, 2.24) is 19.8 Å². The Bertz CT molecular complexity index is 1550. The summed E-state index contributed by atoms with van der Waals surface area (Å²) in [4.78, 5) is 7.19. The highest BCUT2D eigenvalue weighted by atomic mass is 31.1. The topological polar surface area (TPSA) is 81.6 Å². The van der Waals surface area contributed by atoms with Crippen molar-refractivity contribution in [2.24, 2.45) is 0 Å². The molecule has 1 unspecified atom stereocenters. The Kier molecular flexibility index (Phi) is 6.62. The Morgan fingerprint density at radius 3 is 2.68 bits per heavy atom. The van der Waals surface area contributed by atoms with Crippen molar-refractivity contribution < 1.29 is 18.7 Å². The predicted octanol–water partition coefficient (Wildman–Crippen LogP) is 4.70. The molecular formula is C28H28N4O4P+. The molecule has 3 heterocycles. The summed E-state index contributed by atoms with van der Waals surface area (Å²) in [5.41, 5.74) is 4.42. The summed E-state index contributed by atoms with van der Waals surface area (Å²) in [6, 6.07) is 23.3. The SMILES string of the molecule is Cc1ccc([P+](=O)On2nc(-c3cc4cc(OCCN5CCOCC5)ccc4[nH]3)c3ccccc32)cc1. The number of nitrogens with zero attached hydrogens (tertiary/aromatic N) is 3. The maximum Gasteiger partial charge on any atom is 0.621 e. The Hall–Kier alpha value is -3.71. The lowest BCUT2D eigenvalue weighted by atomic mass is 10.1. The molecule has 2 aromatic heterocycles. The van der Waals surface area contributed by atoms with E-state index in [0.717, 1.165) is 77.4 Å². The summed E-state index contributed by atoms with van der Waals surface area (Å²) in [7, 11) is -2.11. The van der Waals surface area contributed by atoms with Gasteiger partial charge in [-0.15, -0.1) is 9.72 Å². The first-order chi connectivity index (χ1) is 18.1. The summed E-state index contributed by atoms with van der Waals surface area (Å²) in [5.74, 6) is 0.833. The maximum atomic E-state index is 12.9. The number of morpholine rings is 1. The van der Waals surface area contributed by atoms with Gasteiger partial charge in [-0.25, -0.2) is 0 Å². The van der Waals surface area contributed by atoms with Gasteiger partial charge < -0.3 is 14.5 Å². The van der Waals surface area contributed by atoms with Crippen LogP contribution in [0.5, 0.6) is 5.75 Å². The summed E-state index contributed by atoms with van der Waals surface area (Å²) in [6.45, 7) is 6.99. The van der Waals surface area contributed by atoms with E-state index in [1.165, 1.54) is 4.85 Å². The van der Waals surface area contributed by atoms with Crippen LogP contribution in [0.2, 0.25) is 0 Å². The minimum Gasteiger partial charge on any atom is -0.492 e. The van der Waals surface area contributed by atoms with Crippen LogP contribution in [-0.2, 0) is 9.30 Å². The molecule has 0 aliphatic carbocycles. The van der Waals surface area contributed by atoms with E-state index in [1.54, 1.807) is 0 Å². The Labute approximate surface area is 215 Å². The Morgan fingerprint density at radius 1 is 1.03 bits per heavy atom. The van der Waals surface area contributed by atoms with E-state index < -0.39 is 8.03 Å². The number of fused-ring (bicyclic) bond motifs is 2. The molecule has 1 aliphatic heterocycles. The minimum atomic E-state index is -2.11. The molecule has 8 nitrogen and oxygen atoms in total. The van der Waals surface area contributed by atoms with Crippen LogP contribution in [0, 0.1) is 6.92 Å². The number of aromatic nitrogens is 3. The molecule has 0 amide bonds. The van der Waals surface area contributed by atoms with Gasteiger partial charge in [-0.1, -0.05) is 35.9 Å². The van der Waals surface area contributed by atoms with Gasteiger partial charge in [0.2, 0.25) is 5.30 Å². The van der Waals surface area contributed by atoms with Gasteiger partial charge >= 0.3 is 8.03 Å². The Balaban J connectivity index is 1.24. The van der Waals surface area contributed by atoms with E-state index in [-0.39, 0.29) is 0 Å². The standard InChI is InChI=1S/C28H28N4O4P/c1-20-6-9-23(10-7-20)37(33)36-32-27-5-3-2-4-24(27)28(30-32)26-19-21-18-22(8-11-25(21)29-26)35-17-14-31-12-15-34-16-13-31/h2-11,18-19,29H,12-17H2,1H3/q+1. The lowest BCUT2D eigenvalue weighted by molar-refractivity contribution is 0.0322. The van der Waals surface area contributed by atoms with Crippen molar-refractivity contribution in [2.45, 2.75) is 6.92 Å². The molecule has 188 valence electrons. The first-order valence-corrected chi connectivity index (χ1v) is 13.6. The minimum absolute atomic E-state index is 0.619. The zero-order chi connectivity index (χ0) is 25.2. The van der Waals surface area contributed by atoms with Crippen molar-refractivity contribution in [3.63, 3.8) is 0 Å². The monoisotopic (exact) mass is 515 g/mol. The molecule has 0 spiro atoms. The molecule has 37 heavy (non-hydrogen) atoms. The normalized spacial score (nSPS) is 14.8. The van der Waals surface area contributed by atoms with Gasteiger partial charge in [0.1, 0.15) is 23.6 Å². The number of aryl methyl sites for hydroxylation is 1. The number of hydrogen-bond acceptors (Lipinski definition) is 6. The zero-order valence-electron chi connectivity index (χ0n) is 20.6. The lowest BCUT2D eigenvalue weighted by Crippen LogP contribution is -2.38. The van der Waals surface area contributed by atoms with Gasteiger partial charge in [0.15, 0.2) is 0 Å². The maximum absolute atomic E-state index is 12.9. The number of H-pyrrole nitrogens is 1. The average Bonchev–Trinajstić information content (AvgIpc) is 3.51. The van der Waals surface area contributed by atoms with E-state index in [2.05, 4.69) is 16.0 Å². The van der Waals surface area contributed by atoms with Crippen LogP contribution in [0.1, 0.15) is 5.56 Å². The van der Waals surface area contributed by atoms with Gasteiger partial charge in [-0.3, -0.25) is 4.90 Å². The second-order valence-electron chi connectivity index (χ2n) is 9.15. The quantitative estimate of drug-likeness (QED) is 0.302. The number of ether oxygens (including phenoxy) is 2. The highest BCUT2D eigenvalue weighted by molar-refractivity contribution is 7.48. The fourth-order valence-electron chi connectivity index (χ4n) is 4.53. The number of hydrogen-bond donors (Lipinski definition) is 1. The highest BCUT2D eigenvalue weighted by Crippen LogP contribution is 2.32. The molecular weight excluding hydrogens is 487 g/mol. The van der Waals surface area contributed by atoms with Crippen molar-refractivity contribution in [3.05, 3.63) is 78.4 Å². The highest BCUT2D eigenvalue weighted by Gasteiger charge is 2.27. The van der Waals surface area contributed by atoms with E-state index in [1.807, 2.05) is 73.7 Å². The molecule has 1 aliphatic rings. The third-order valence-corrected chi connectivity index (χ3v) is 7.60. The number of rotatable bonds is 8. The van der Waals surface area contributed by atoms with Gasteiger partial charge in [-0.2, -0.15) is 0 Å². The third-order valence-electron chi connectivity index (χ3n) is 6.58. The van der Waals surface area contributed by atoms with Crippen LogP contribution in [0.15, 0.2) is 72.8 Å². The largest absolute Gasteiger partial charge is 0.621 e. The van der Waals surface area contributed by atoms with E-state index in [0.29, 0.717) is 11.9 Å². The molecule has 1 N–H and O–H groups in total. The van der Waals surface area contributed by atoms with Crippen molar-refractivity contribution >= 4 is 35.1 Å². The first kappa shape index (κ1) is 23.7. The van der Waals surface area contributed by atoms with Crippen LogP contribution < -0.4 is 14.7 Å². The molecule has 6 rings (SSSR count). The number of benzene rings is 3. The van der Waals surface area contributed by atoms with E-state index in [4.69, 9.17) is 19.2 Å². The summed E-state index contributed by atoms with van der Waals surface area (Å²) in [5, 5.41) is 7.25. The molecule has 3 aromatic carbocycles. The molecule has 1 fully saturated rings. The summed E-state index contributed by atoms with van der Waals surface area (Å²) < 4.78 is 30.2. The molecule has 9 heteroatoms. The van der Waals surface area contributed by atoms with Gasteiger partial charge in [0.25, 0.3) is 0 Å². The Morgan fingerprint density at radius 2 is 1.84 bits per heavy atom. The molecule has 0 saturated carbocycles. The fraction of sp³-hybridized carbons (Fsp3) is 0.250. The summed E-state index contributed by atoms with van der Waals surface area (Å²) in [6.07, 6.45) is 0. The second-order valence-corrected chi connectivity index (χ2v) is 10.3. The third kappa shape index (κ3) is 5.09. The van der Waals surface area contributed by atoms with Crippen LogP contribution in [-0.4, -0.2) is 59.3 Å². The number of para-hydroxylation sites is 1. The van der Waals surface area contributed by atoms with Crippen LogP contribution in [0.25, 0.3) is 33.2 Å². The number of nitrogens with one attached hydrogen (secondary N) is 1. The van der Waals surface area contributed by atoms with Gasteiger partial charge in [0, 0.05) is 35.9 Å². The summed E-state index contributed by atoms with van der Waals surface area (Å²) >= 11 is 0. The van der Waals surface area contributed by atoms with Gasteiger partial charge in [-0.05, 0) is 58.8 Å². The molecule has 5 aromatic rings. The smallest absolute Gasteiger partial charge is 0.492 e. The van der Waals surface area contributed by atoms with Crippen molar-refractivity contribution in [1.29, 1.82) is 0 Å². The van der Waals surface area contributed by atoms with Crippen LogP contribution in [0.4, 0.5) is 0 Å². The molecule has 0 bridgehead atoms. The predicted molar refractivity (Wildman–Crippen MR) is 145 cm³/mol. The molecule has 1 atom stereocenters. The van der Waals surface area contributed by atoms with Crippen LogP contribution in [0.3, 0.4) is 0 Å². The molecule has 0 radical (unpaired) electrons. The number of aromatic amines is 1. The molecule has 1 saturated heterocycles. The average molecular weight is 516 g/mol. The first-order valence-electron chi connectivity index (χ1n) is 12.4. The van der Waals surface area contributed by atoms with Crippen LogP contribution >= 0.6 is 8.03 Å². The van der Waals surface area contributed by atoms with Crippen molar-refractivity contribution in [3.8, 4) is 17.1 Å².